The number of unbranched alkanes of at least 4 members (excludes halogenated alkanes) is 1. The van der Waals surface area contributed by atoms with Crippen LogP contribution in [0.4, 0.5) is 0 Å². The number of hydrogen-bond acceptors (Lipinski definition) is 3. The van der Waals surface area contributed by atoms with E-state index in [1.54, 1.807) is 11.4 Å². The van der Waals surface area contributed by atoms with Gasteiger partial charge in [0.1, 0.15) is 4.60 Å². The number of nitrogens with one attached hydrogen (secondary N) is 1. The Morgan fingerprint density at radius 2 is 1.92 bits per heavy atom. The van der Waals surface area contributed by atoms with Crippen LogP contribution < -0.4 is 11.2 Å². The third-order valence-electron chi connectivity index (χ3n) is 4.58. The molecule has 3 heterocycles. The molecule has 134 valence electrons. The van der Waals surface area contributed by atoms with Crippen LogP contribution in [0.5, 0.6) is 0 Å². The van der Waals surface area contributed by atoms with Crippen LogP contribution in [0.2, 0.25) is 0 Å². The lowest BCUT2D eigenvalue weighted by Gasteiger charge is -2.09. The number of fused-ring (bicyclic) bond motifs is 3. The molecular weight excluding hydrogens is 398 g/mol. The zero-order valence-corrected chi connectivity index (χ0v) is 16.1. The normalized spacial score (nSPS) is 11.7. The number of aryl methyl sites for hydroxylation is 2. The van der Waals surface area contributed by atoms with Crippen molar-refractivity contribution < 1.29 is 0 Å². The summed E-state index contributed by atoms with van der Waals surface area (Å²) in [6.45, 7) is 2.90. The van der Waals surface area contributed by atoms with Gasteiger partial charge < -0.3 is 4.57 Å². The number of halogens is 1. The SMILES string of the molecule is CCCCn1c(-c2ccccc2)c(Br)n2c3c(=O)[nH]c(=O)n(C)c3nc12. The number of benzene rings is 1. The quantitative estimate of drug-likeness (QED) is 0.556. The number of H-pyrrole nitrogens is 1. The molecule has 1 N–H and O–H groups in total. The second-order valence-electron chi connectivity index (χ2n) is 6.25. The molecule has 0 radical (unpaired) electrons. The number of imidazole rings is 2. The second kappa shape index (κ2) is 6.28. The Balaban J connectivity index is 2.16. The molecule has 0 saturated heterocycles. The molecule has 0 aliphatic carbocycles. The van der Waals surface area contributed by atoms with Gasteiger partial charge in [-0.2, -0.15) is 4.98 Å². The van der Waals surface area contributed by atoms with Crippen LogP contribution in [0.25, 0.3) is 28.2 Å². The predicted octanol–water partition coefficient (Wildman–Crippen LogP) is 2.91. The molecule has 0 bridgehead atoms. The highest BCUT2D eigenvalue weighted by molar-refractivity contribution is 9.10. The van der Waals surface area contributed by atoms with Crippen LogP contribution in [0.1, 0.15) is 19.8 Å². The van der Waals surface area contributed by atoms with E-state index in [-0.39, 0.29) is 0 Å². The molecule has 0 amide bonds. The molecule has 0 aliphatic heterocycles. The van der Waals surface area contributed by atoms with Crippen LogP contribution >= 0.6 is 15.9 Å². The number of aromatic nitrogens is 5. The smallest absolute Gasteiger partial charge is 0.309 e. The highest BCUT2D eigenvalue weighted by Gasteiger charge is 2.23. The molecule has 1 aromatic carbocycles. The second-order valence-corrected chi connectivity index (χ2v) is 7.00. The van der Waals surface area contributed by atoms with Gasteiger partial charge in [-0.1, -0.05) is 43.7 Å². The molecule has 0 saturated carbocycles. The molecule has 0 fully saturated rings. The molecule has 0 unspecified atom stereocenters. The first-order valence-electron chi connectivity index (χ1n) is 8.49. The van der Waals surface area contributed by atoms with Crippen molar-refractivity contribution in [2.45, 2.75) is 26.3 Å². The molecule has 7 nitrogen and oxygen atoms in total. The minimum Gasteiger partial charge on any atom is -0.309 e. The number of nitrogens with zero attached hydrogens (tertiary/aromatic N) is 4. The van der Waals surface area contributed by atoms with Gasteiger partial charge in [0.05, 0.1) is 5.69 Å². The maximum atomic E-state index is 12.5. The zero-order chi connectivity index (χ0) is 18.4. The molecule has 4 aromatic rings. The summed E-state index contributed by atoms with van der Waals surface area (Å²) in [6.07, 6.45) is 2.02. The molecular formula is C18H18BrN5O2. The van der Waals surface area contributed by atoms with E-state index < -0.39 is 11.2 Å². The molecule has 8 heteroatoms. The lowest BCUT2D eigenvalue weighted by molar-refractivity contribution is 0.648. The topological polar surface area (TPSA) is 77.1 Å². The summed E-state index contributed by atoms with van der Waals surface area (Å²) >= 11 is 3.67. The first-order chi connectivity index (χ1) is 12.5. The molecule has 0 atom stereocenters. The Morgan fingerprint density at radius 1 is 1.19 bits per heavy atom. The maximum Gasteiger partial charge on any atom is 0.329 e. The van der Waals surface area contributed by atoms with E-state index in [1.165, 1.54) is 4.57 Å². The number of hydrogen-bond donors (Lipinski definition) is 1. The molecule has 3 aromatic heterocycles. The molecule has 4 rings (SSSR count). The van der Waals surface area contributed by atoms with Crippen molar-refractivity contribution in [2.75, 3.05) is 0 Å². The van der Waals surface area contributed by atoms with Gasteiger partial charge in [0.15, 0.2) is 11.2 Å². The molecule has 26 heavy (non-hydrogen) atoms. The predicted molar refractivity (Wildman–Crippen MR) is 105 cm³/mol. The van der Waals surface area contributed by atoms with Crippen LogP contribution in [0.15, 0.2) is 44.5 Å². The first kappa shape index (κ1) is 16.8. The minimum absolute atomic E-state index is 0.362. The summed E-state index contributed by atoms with van der Waals surface area (Å²) in [5.41, 5.74) is 1.83. The Bertz CT molecular complexity index is 1230. The van der Waals surface area contributed by atoms with Crippen LogP contribution in [0.3, 0.4) is 0 Å². The fourth-order valence-corrected chi connectivity index (χ4v) is 4.03. The lowest BCUT2D eigenvalue weighted by atomic mass is 10.1. The van der Waals surface area contributed by atoms with Crippen molar-refractivity contribution in [3.63, 3.8) is 0 Å². The van der Waals surface area contributed by atoms with Gasteiger partial charge in [0.2, 0.25) is 5.78 Å². The fraction of sp³-hybridized carbons (Fsp3) is 0.278. The maximum absolute atomic E-state index is 12.5. The summed E-state index contributed by atoms with van der Waals surface area (Å²) in [7, 11) is 1.61. The van der Waals surface area contributed by atoms with E-state index in [4.69, 9.17) is 0 Å². The Morgan fingerprint density at radius 3 is 2.62 bits per heavy atom. The van der Waals surface area contributed by atoms with Gasteiger partial charge >= 0.3 is 5.69 Å². The van der Waals surface area contributed by atoms with Crippen molar-refractivity contribution >= 4 is 32.9 Å². The van der Waals surface area contributed by atoms with Gasteiger partial charge in [-0.05, 0) is 22.4 Å². The average Bonchev–Trinajstić information content (AvgIpc) is 3.15. The van der Waals surface area contributed by atoms with Crippen molar-refractivity contribution in [2.24, 2.45) is 7.05 Å². The minimum atomic E-state index is -0.470. The van der Waals surface area contributed by atoms with Crippen LogP contribution in [-0.2, 0) is 13.6 Å². The summed E-state index contributed by atoms with van der Waals surface area (Å²) in [5, 5.41) is 0. The van der Waals surface area contributed by atoms with Gasteiger partial charge in [0.25, 0.3) is 5.56 Å². The van der Waals surface area contributed by atoms with Gasteiger partial charge in [-0.15, -0.1) is 0 Å². The Hall–Kier alpha value is -2.61. The third-order valence-corrected chi connectivity index (χ3v) is 5.31. The van der Waals surface area contributed by atoms with E-state index in [0.29, 0.717) is 16.9 Å². The number of rotatable bonds is 4. The average molecular weight is 416 g/mol. The van der Waals surface area contributed by atoms with E-state index in [9.17, 15) is 9.59 Å². The lowest BCUT2D eigenvalue weighted by Crippen LogP contribution is -2.28. The number of aromatic amines is 1. The monoisotopic (exact) mass is 415 g/mol. The highest BCUT2D eigenvalue weighted by Crippen LogP contribution is 2.33. The highest BCUT2D eigenvalue weighted by atomic mass is 79.9. The largest absolute Gasteiger partial charge is 0.329 e. The van der Waals surface area contributed by atoms with E-state index in [2.05, 4.69) is 37.4 Å². The molecule has 0 spiro atoms. The zero-order valence-electron chi connectivity index (χ0n) is 14.5. The standard InChI is InChI=1S/C18H18BrN5O2/c1-3-4-10-23-12(11-8-6-5-7-9-11)14(19)24-13-15(20-17(23)24)22(2)18(26)21-16(13)25/h5-9H,3-4,10H2,1-2H3,(H,21,25,26). The van der Waals surface area contributed by atoms with E-state index in [0.717, 1.165) is 35.2 Å². The Labute approximate surface area is 157 Å². The van der Waals surface area contributed by atoms with Gasteiger partial charge in [0, 0.05) is 19.2 Å². The van der Waals surface area contributed by atoms with Gasteiger partial charge in [-0.25, -0.2) is 4.79 Å². The first-order valence-corrected chi connectivity index (χ1v) is 9.28. The fourth-order valence-electron chi connectivity index (χ4n) is 3.25. The summed E-state index contributed by atoms with van der Waals surface area (Å²) in [6, 6.07) is 10.00. The summed E-state index contributed by atoms with van der Waals surface area (Å²) in [4.78, 5) is 31.4. The van der Waals surface area contributed by atoms with E-state index in [1.807, 2.05) is 30.3 Å². The van der Waals surface area contributed by atoms with Gasteiger partial charge in [-0.3, -0.25) is 18.7 Å². The van der Waals surface area contributed by atoms with E-state index >= 15 is 0 Å². The summed E-state index contributed by atoms with van der Waals surface area (Å²) < 4.78 is 6.00. The third kappa shape index (κ3) is 2.36. The van der Waals surface area contributed by atoms with Crippen molar-refractivity contribution in [1.29, 1.82) is 0 Å². The van der Waals surface area contributed by atoms with Crippen molar-refractivity contribution in [3.8, 4) is 11.3 Å². The Kier molecular flexibility index (Phi) is 4.07. The van der Waals surface area contributed by atoms with Crippen molar-refractivity contribution in [3.05, 3.63) is 55.8 Å². The van der Waals surface area contributed by atoms with Crippen molar-refractivity contribution in [1.82, 2.24) is 23.5 Å². The summed E-state index contributed by atoms with van der Waals surface area (Å²) in [5.74, 6) is 0.644. The molecule has 0 aliphatic rings. The van der Waals surface area contributed by atoms with Crippen LogP contribution in [-0.4, -0.2) is 23.5 Å². The van der Waals surface area contributed by atoms with Crippen LogP contribution in [0, 0.1) is 0 Å².